The molecule has 1 aromatic rings. The van der Waals surface area contributed by atoms with Crippen molar-refractivity contribution in [3.8, 4) is 0 Å². The fourth-order valence-electron chi connectivity index (χ4n) is 1.99. The SMILES string of the molecule is [N-]=[N+]=N[C@@H]1[C@@H](O)[C@H](Sc2ccccc2)O[C@H](CO)[C@H]1O. The van der Waals surface area contributed by atoms with Gasteiger partial charge in [-0.15, -0.1) is 0 Å². The van der Waals surface area contributed by atoms with E-state index in [1.54, 1.807) is 0 Å². The number of ether oxygens (including phenoxy) is 1. The molecule has 8 heteroatoms. The quantitative estimate of drug-likeness (QED) is 0.433. The van der Waals surface area contributed by atoms with Gasteiger partial charge < -0.3 is 20.1 Å². The first-order valence-corrected chi connectivity index (χ1v) is 6.93. The molecule has 1 aliphatic heterocycles. The molecule has 0 bridgehead atoms. The second-order valence-electron chi connectivity index (χ2n) is 4.33. The number of rotatable bonds is 4. The van der Waals surface area contributed by atoms with Gasteiger partial charge in [0.05, 0.1) is 18.8 Å². The average Bonchev–Trinajstić information content (AvgIpc) is 2.47. The van der Waals surface area contributed by atoms with E-state index in [1.807, 2.05) is 30.3 Å². The van der Waals surface area contributed by atoms with Crippen LogP contribution in [0.15, 0.2) is 40.3 Å². The molecular weight excluding hydrogens is 282 g/mol. The van der Waals surface area contributed by atoms with Crippen LogP contribution in [-0.2, 0) is 4.74 Å². The summed E-state index contributed by atoms with van der Waals surface area (Å²) in [5, 5.41) is 32.7. The fraction of sp³-hybridized carbons (Fsp3) is 0.500. The monoisotopic (exact) mass is 297 g/mol. The third-order valence-electron chi connectivity index (χ3n) is 3.03. The number of benzene rings is 1. The molecule has 1 aromatic carbocycles. The Labute approximate surface area is 119 Å². The Kier molecular flexibility index (Phi) is 5.24. The second-order valence-corrected chi connectivity index (χ2v) is 5.50. The second kappa shape index (κ2) is 6.94. The van der Waals surface area contributed by atoms with Crippen LogP contribution >= 0.6 is 11.8 Å². The lowest BCUT2D eigenvalue weighted by atomic mass is 9.98. The van der Waals surface area contributed by atoms with Crippen molar-refractivity contribution >= 4 is 11.8 Å². The Morgan fingerprint density at radius 2 is 1.95 bits per heavy atom. The summed E-state index contributed by atoms with van der Waals surface area (Å²) < 4.78 is 5.47. The van der Waals surface area contributed by atoms with E-state index < -0.39 is 36.4 Å². The first-order chi connectivity index (χ1) is 9.67. The van der Waals surface area contributed by atoms with E-state index in [1.165, 1.54) is 11.8 Å². The van der Waals surface area contributed by atoms with Gasteiger partial charge in [0, 0.05) is 9.81 Å². The van der Waals surface area contributed by atoms with E-state index >= 15 is 0 Å². The van der Waals surface area contributed by atoms with Crippen LogP contribution in [0.4, 0.5) is 0 Å². The summed E-state index contributed by atoms with van der Waals surface area (Å²) in [5.74, 6) is 0. The molecule has 1 aliphatic rings. The Bertz CT molecular complexity index is 483. The minimum Gasteiger partial charge on any atom is -0.394 e. The normalized spacial score (nSPS) is 33.5. The minimum absolute atomic E-state index is 0.419. The Balaban J connectivity index is 2.17. The Hall–Kier alpha value is -1.28. The zero-order valence-corrected chi connectivity index (χ0v) is 11.3. The van der Waals surface area contributed by atoms with Gasteiger partial charge in [0.15, 0.2) is 0 Å². The predicted octanol–water partition coefficient (Wildman–Crippen LogP) is 0.897. The third-order valence-corrected chi connectivity index (χ3v) is 4.20. The number of aliphatic hydroxyl groups is 3. The summed E-state index contributed by atoms with van der Waals surface area (Å²) in [6, 6.07) is 8.21. The van der Waals surface area contributed by atoms with Gasteiger partial charge in [0.2, 0.25) is 0 Å². The summed E-state index contributed by atoms with van der Waals surface area (Å²) in [5.41, 5.74) is 7.79. The van der Waals surface area contributed by atoms with Gasteiger partial charge in [-0.3, -0.25) is 0 Å². The molecule has 0 aromatic heterocycles. The highest BCUT2D eigenvalue weighted by Gasteiger charge is 2.44. The molecule has 1 heterocycles. The lowest BCUT2D eigenvalue weighted by Gasteiger charge is -2.40. The number of hydrogen-bond donors (Lipinski definition) is 3. The Morgan fingerprint density at radius 3 is 2.55 bits per heavy atom. The molecule has 0 saturated carbocycles. The van der Waals surface area contributed by atoms with Crippen molar-refractivity contribution in [3.05, 3.63) is 40.8 Å². The number of aliphatic hydroxyl groups excluding tert-OH is 3. The number of hydrogen-bond acceptors (Lipinski definition) is 6. The highest BCUT2D eigenvalue weighted by atomic mass is 32.2. The van der Waals surface area contributed by atoms with Crippen LogP contribution in [0.25, 0.3) is 10.4 Å². The maximum absolute atomic E-state index is 10.2. The van der Waals surface area contributed by atoms with Crippen molar-refractivity contribution in [2.24, 2.45) is 5.11 Å². The number of thioether (sulfide) groups is 1. The molecule has 3 N–H and O–H groups in total. The summed E-state index contributed by atoms with van der Waals surface area (Å²) in [6.07, 6.45) is -3.29. The molecule has 0 amide bonds. The van der Waals surface area contributed by atoms with Crippen LogP contribution in [0.1, 0.15) is 0 Å². The van der Waals surface area contributed by atoms with Crippen LogP contribution in [0, 0.1) is 0 Å². The maximum Gasteiger partial charge on any atom is 0.134 e. The molecule has 20 heavy (non-hydrogen) atoms. The molecule has 2 rings (SSSR count). The molecule has 7 nitrogen and oxygen atoms in total. The average molecular weight is 297 g/mol. The molecule has 0 radical (unpaired) electrons. The van der Waals surface area contributed by atoms with Crippen LogP contribution < -0.4 is 0 Å². The van der Waals surface area contributed by atoms with Crippen molar-refractivity contribution in [2.45, 2.75) is 34.7 Å². The zero-order valence-electron chi connectivity index (χ0n) is 10.5. The van der Waals surface area contributed by atoms with Gasteiger partial charge in [-0.25, -0.2) is 0 Å². The van der Waals surface area contributed by atoms with Gasteiger partial charge >= 0.3 is 0 Å². The standard InChI is InChI=1S/C12H15N3O4S/c13-15-14-9-10(17)8(6-16)19-12(11(9)18)20-7-4-2-1-3-5-7/h1-5,8-12,16-18H,6H2/t8-,9+,10-,11-,12+/m1/s1. The van der Waals surface area contributed by atoms with E-state index in [9.17, 15) is 15.3 Å². The van der Waals surface area contributed by atoms with Crippen molar-refractivity contribution in [1.29, 1.82) is 0 Å². The van der Waals surface area contributed by atoms with Crippen molar-refractivity contribution < 1.29 is 20.1 Å². The predicted molar refractivity (Wildman–Crippen MR) is 73.0 cm³/mol. The summed E-state index contributed by atoms with van der Waals surface area (Å²) >= 11 is 1.25. The zero-order chi connectivity index (χ0) is 14.5. The lowest BCUT2D eigenvalue weighted by Crippen LogP contribution is -2.56. The third kappa shape index (κ3) is 3.24. The first-order valence-electron chi connectivity index (χ1n) is 6.05. The van der Waals surface area contributed by atoms with E-state index in [4.69, 9.17) is 10.3 Å². The Morgan fingerprint density at radius 1 is 1.25 bits per heavy atom. The summed E-state index contributed by atoms with van der Waals surface area (Å²) in [7, 11) is 0. The largest absolute Gasteiger partial charge is 0.394 e. The summed E-state index contributed by atoms with van der Waals surface area (Å²) in [6.45, 7) is -0.419. The fourth-order valence-corrected chi connectivity index (χ4v) is 3.08. The lowest BCUT2D eigenvalue weighted by molar-refractivity contribution is -0.159. The molecular formula is C12H15N3O4S. The highest BCUT2D eigenvalue weighted by molar-refractivity contribution is 7.99. The van der Waals surface area contributed by atoms with Gasteiger partial charge in [-0.1, -0.05) is 35.1 Å². The highest BCUT2D eigenvalue weighted by Crippen LogP contribution is 2.34. The molecule has 108 valence electrons. The van der Waals surface area contributed by atoms with Crippen molar-refractivity contribution in [2.75, 3.05) is 6.61 Å². The van der Waals surface area contributed by atoms with Crippen LogP contribution in [-0.4, -0.2) is 51.7 Å². The van der Waals surface area contributed by atoms with Gasteiger partial charge in [0.1, 0.15) is 17.6 Å². The van der Waals surface area contributed by atoms with Crippen LogP contribution in [0.5, 0.6) is 0 Å². The van der Waals surface area contributed by atoms with E-state index in [2.05, 4.69) is 10.0 Å². The molecule has 1 fully saturated rings. The first kappa shape index (κ1) is 15.1. The van der Waals surface area contributed by atoms with Gasteiger partial charge in [-0.2, -0.15) is 0 Å². The van der Waals surface area contributed by atoms with E-state index in [0.29, 0.717) is 0 Å². The number of nitrogens with zero attached hydrogens (tertiary/aromatic N) is 3. The molecule has 1 saturated heterocycles. The minimum atomic E-state index is -1.24. The van der Waals surface area contributed by atoms with Gasteiger partial charge in [-0.05, 0) is 17.7 Å². The number of azide groups is 1. The molecule has 0 spiro atoms. The molecule has 0 unspecified atom stereocenters. The van der Waals surface area contributed by atoms with Crippen molar-refractivity contribution in [3.63, 3.8) is 0 Å². The smallest absolute Gasteiger partial charge is 0.134 e. The molecule has 0 aliphatic carbocycles. The topological polar surface area (TPSA) is 119 Å². The van der Waals surface area contributed by atoms with E-state index in [-0.39, 0.29) is 0 Å². The molecule has 5 atom stereocenters. The summed E-state index contributed by atoms with van der Waals surface area (Å²) in [4.78, 5) is 3.49. The van der Waals surface area contributed by atoms with Gasteiger partial charge in [0.25, 0.3) is 0 Å². The van der Waals surface area contributed by atoms with Crippen LogP contribution in [0.2, 0.25) is 0 Å². The maximum atomic E-state index is 10.2. The van der Waals surface area contributed by atoms with Crippen molar-refractivity contribution in [1.82, 2.24) is 0 Å². The van der Waals surface area contributed by atoms with Crippen LogP contribution in [0.3, 0.4) is 0 Å². The van der Waals surface area contributed by atoms with E-state index in [0.717, 1.165) is 4.90 Å².